The molecule has 2 N–H and O–H groups in total. The molecule has 5 aliphatic rings. The van der Waals surface area contributed by atoms with Gasteiger partial charge in [0.1, 0.15) is 19.0 Å². The molecule has 0 spiro atoms. The van der Waals surface area contributed by atoms with Gasteiger partial charge in [-0.3, -0.25) is 19.4 Å². The second-order valence-electron chi connectivity index (χ2n) is 26.0. The third-order valence-electron chi connectivity index (χ3n) is 19.1. The number of methoxy groups -OCH3 is 1. The minimum atomic E-state index is 0.583. The second-order valence-corrected chi connectivity index (χ2v) is 26.4. The van der Waals surface area contributed by atoms with Gasteiger partial charge < -0.3 is 39.4 Å². The number of benzene rings is 7. The predicted molar refractivity (Wildman–Crippen MR) is 392 cm³/mol. The van der Waals surface area contributed by atoms with Gasteiger partial charge in [0.25, 0.3) is 0 Å². The van der Waals surface area contributed by atoms with Crippen molar-refractivity contribution in [2.45, 2.75) is 65.0 Å². The molecule has 0 saturated carbocycles. The van der Waals surface area contributed by atoms with Crippen LogP contribution in [0.4, 0.5) is 0 Å². The van der Waals surface area contributed by atoms with Gasteiger partial charge in [-0.05, 0) is 147 Å². The van der Waals surface area contributed by atoms with E-state index >= 15 is 0 Å². The highest BCUT2D eigenvalue weighted by atomic mass is 35.5. The number of nitrogens with one attached hydrogen (secondary N) is 2. The van der Waals surface area contributed by atoms with E-state index in [1.54, 1.807) is 7.11 Å². The Balaban J connectivity index is 0.000000133. The van der Waals surface area contributed by atoms with Crippen LogP contribution < -0.4 is 24.8 Å². The fourth-order valence-corrected chi connectivity index (χ4v) is 13.7. The number of likely N-dealkylation sites (tertiary alicyclic amines) is 2. The number of hydrogen-bond donors (Lipinski definition) is 2. The average molecular weight is 1340 g/mol. The summed E-state index contributed by atoms with van der Waals surface area (Å²) in [7, 11) is 1.69. The molecule has 5 aliphatic heterocycles. The van der Waals surface area contributed by atoms with E-state index in [-0.39, 0.29) is 0 Å². The Labute approximate surface area is 583 Å². The van der Waals surface area contributed by atoms with E-state index in [4.69, 9.17) is 45.8 Å². The Morgan fingerprint density at radius 1 is 0.408 bits per heavy atom. The molecule has 7 aromatic carbocycles. The molecule has 510 valence electrons. The van der Waals surface area contributed by atoms with Crippen LogP contribution in [-0.4, -0.2) is 179 Å². The molecule has 0 amide bonds. The van der Waals surface area contributed by atoms with Crippen LogP contribution in [0, 0.1) is 0 Å². The molecule has 17 nitrogen and oxygen atoms in total. The van der Waals surface area contributed by atoms with Gasteiger partial charge in [-0.2, -0.15) is 15.3 Å². The molecule has 0 aliphatic carbocycles. The van der Waals surface area contributed by atoms with E-state index in [0.29, 0.717) is 13.2 Å². The number of rotatable bonds is 24. The maximum atomic E-state index is 6.15. The van der Waals surface area contributed by atoms with Crippen LogP contribution in [0.25, 0.3) is 45.1 Å². The summed E-state index contributed by atoms with van der Waals surface area (Å²) in [4.78, 5) is 12.8. The van der Waals surface area contributed by atoms with Gasteiger partial charge in [0.15, 0.2) is 11.5 Å². The lowest BCUT2D eigenvalue weighted by Crippen LogP contribution is -2.47. The summed E-state index contributed by atoms with van der Waals surface area (Å²) in [6.07, 6.45) is 11.9. The highest BCUT2D eigenvalue weighted by Crippen LogP contribution is 2.36. The van der Waals surface area contributed by atoms with E-state index in [0.717, 1.165) is 178 Å². The van der Waals surface area contributed by atoms with Gasteiger partial charge in [-0.15, -0.1) is 0 Å². The highest BCUT2D eigenvalue weighted by Gasteiger charge is 2.24. The van der Waals surface area contributed by atoms with E-state index in [2.05, 4.69) is 168 Å². The molecule has 18 heteroatoms. The molecule has 3 aromatic heterocycles. The zero-order valence-electron chi connectivity index (χ0n) is 56.8. The summed E-state index contributed by atoms with van der Waals surface area (Å²) in [5.41, 5.74) is 16.0. The molecule has 10 aromatic rings. The van der Waals surface area contributed by atoms with Crippen molar-refractivity contribution in [1.82, 2.24) is 64.5 Å². The van der Waals surface area contributed by atoms with Crippen LogP contribution in [-0.2, 0) is 44.0 Å². The molecule has 0 unspecified atom stereocenters. The first-order valence-electron chi connectivity index (χ1n) is 35.3. The van der Waals surface area contributed by atoms with Crippen molar-refractivity contribution in [2.24, 2.45) is 0 Å². The van der Waals surface area contributed by atoms with Crippen molar-refractivity contribution in [3.8, 4) is 62.4 Å². The van der Waals surface area contributed by atoms with Crippen molar-refractivity contribution in [1.29, 1.82) is 0 Å². The molecular weight excluding hydrogens is 1240 g/mol. The Bertz CT molecular complexity index is 4030. The number of nitrogens with zero attached hydrogens (tertiary/aromatic N) is 11. The van der Waals surface area contributed by atoms with Gasteiger partial charge in [-0.25, -0.2) is 9.36 Å². The Morgan fingerprint density at radius 3 is 1.53 bits per heavy atom. The summed E-state index contributed by atoms with van der Waals surface area (Å²) in [6, 6.07) is 62.0. The standard InChI is InChI=1S/C29H32N4O2.C27H34ClN5.C24H28N4O2/c1-34-28-13-11-23(12-14-28)29-26(22-33(31-29)27-9-3-2-4-10-27)20-30-19-24-7-5-6-8-25(24)21-32-15-17-35-18-16-32;28-26-10-8-24(9-11-26)27-25(22-33(29-27)20-23-6-2-1-3-7-23)21-32-18-16-31(17-19-32)15-14-30-12-4-5-13-30;1-2-6-21(7-3-1)28-18-20(17-25-10-13-27-11-4-5-12-27)24(26-28)19-8-9-22-23(16-19)30-15-14-29-22/h2-14,22,30H,15-21H2,1H3;1-3,6-11,22H,4-5,12-21H2;1-3,6-9,16,18,25H,4-5,10-15,17H2. The quantitative estimate of drug-likeness (QED) is 0.0557. The van der Waals surface area contributed by atoms with Crippen molar-refractivity contribution in [3.05, 3.63) is 239 Å². The minimum absolute atomic E-state index is 0.583. The first kappa shape index (κ1) is 68.1. The molecule has 0 bridgehead atoms. The molecule has 15 rings (SSSR count). The number of aromatic nitrogens is 6. The molecule has 0 atom stereocenters. The van der Waals surface area contributed by atoms with E-state index in [1.165, 1.54) is 92.8 Å². The van der Waals surface area contributed by atoms with Crippen molar-refractivity contribution in [2.75, 3.05) is 125 Å². The van der Waals surface area contributed by atoms with Gasteiger partial charge in [0.2, 0.25) is 0 Å². The van der Waals surface area contributed by atoms with Gasteiger partial charge >= 0.3 is 0 Å². The van der Waals surface area contributed by atoms with Crippen LogP contribution in [0.2, 0.25) is 5.02 Å². The number of fused-ring (bicyclic) bond motifs is 1. The minimum Gasteiger partial charge on any atom is -0.497 e. The van der Waals surface area contributed by atoms with Crippen LogP contribution >= 0.6 is 11.6 Å². The first-order chi connectivity index (χ1) is 48.4. The second kappa shape index (κ2) is 34.8. The maximum absolute atomic E-state index is 6.15. The van der Waals surface area contributed by atoms with Crippen molar-refractivity contribution < 1.29 is 18.9 Å². The van der Waals surface area contributed by atoms with E-state index in [9.17, 15) is 0 Å². The monoisotopic (exact) mass is 1340 g/mol. The SMILES string of the molecule is COc1ccc(-c2nn(-c3ccccc3)cc2CNCc2ccccc2CN2CCOCC2)cc1.Clc1ccc(-c2nn(Cc3ccccc3)cc2CN2CCN(CCN3CCCC3)CC2)cc1.c1ccc(-n2cc(CNCCN3CCCC3)c(-c3ccc4c(c3)OCCO4)n2)cc1. The third kappa shape index (κ3) is 18.8. The normalized spacial score (nSPS) is 16.1. The number of halogens is 1. The first-order valence-corrected chi connectivity index (χ1v) is 35.6. The largest absolute Gasteiger partial charge is 0.497 e. The van der Waals surface area contributed by atoms with Crippen LogP contribution in [0.1, 0.15) is 59.1 Å². The molecule has 8 heterocycles. The van der Waals surface area contributed by atoms with Gasteiger partial charge in [0, 0.05) is 155 Å². The number of para-hydroxylation sites is 2. The number of hydrogen-bond acceptors (Lipinski definition) is 14. The maximum Gasteiger partial charge on any atom is 0.162 e. The van der Waals surface area contributed by atoms with Crippen LogP contribution in [0.15, 0.2) is 201 Å². The van der Waals surface area contributed by atoms with Crippen molar-refractivity contribution >= 4 is 11.6 Å². The highest BCUT2D eigenvalue weighted by molar-refractivity contribution is 6.30. The lowest BCUT2D eigenvalue weighted by Gasteiger charge is -2.35. The third-order valence-corrected chi connectivity index (χ3v) is 19.4. The van der Waals surface area contributed by atoms with Gasteiger partial charge in [0.05, 0.1) is 55.3 Å². The molecule has 4 fully saturated rings. The number of piperazine rings is 1. The zero-order valence-corrected chi connectivity index (χ0v) is 57.5. The summed E-state index contributed by atoms with van der Waals surface area (Å²) in [6.45, 7) is 23.9. The van der Waals surface area contributed by atoms with Gasteiger partial charge in [-0.1, -0.05) is 115 Å². The number of morpholine rings is 1. The number of ether oxygens (including phenoxy) is 4. The zero-order chi connectivity index (χ0) is 66.5. The fraction of sp³-hybridized carbons (Fsp3) is 0.362. The molecular formula is C80H94ClN13O4. The Morgan fingerprint density at radius 2 is 0.898 bits per heavy atom. The summed E-state index contributed by atoms with van der Waals surface area (Å²) in [5, 5.41) is 22.9. The lowest BCUT2D eigenvalue weighted by molar-refractivity contribution is 0.0340. The van der Waals surface area contributed by atoms with E-state index < -0.39 is 0 Å². The molecule has 0 radical (unpaired) electrons. The van der Waals surface area contributed by atoms with E-state index in [1.807, 2.05) is 82.2 Å². The molecule has 98 heavy (non-hydrogen) atoms. The van der Waals surface area contributed by atoms with Crippen molar-refractivity contribution in [3.63, 3.8) is 0 Å². The molecule has 4 saturated heterocycles. The topological polar surface area (TPSA) is 131 Å². The lowest BCUT2D eigenvalue weighted by atomic mass is 10.1. The van der Waals surface area contributed by atoms with Crippen LogP contribution in [0.3, 0.4) is 0 Å². The fourth-order valence-electron chi connectivity index (χ4n) is 13.6. The Hall–Kier alpha value is -8.46. The van der Waals surface area contributed by atoms with Crippen LogP contribution in [0.5, 0.6) is 17.2 Å². The average Bonchev–Trinajstić information content (AvgIpc) is 1.64. The Kier molecular flexibility index (Phi) is 24.2. The summed E-state index contributed by atoms with van der Waals surface area (Å²) in [5.74, 6) is 2.44. The summed E-state index contributed by atoms with van der Waals surface area (Å²) >= 11 is 6.15. The predicted octanol–water partition coefficient (Wildman–Crippen LogP) is 12.6. The summed E-state index contributed by atoms with van der Waals surface area (Å²) < 4.78 is 28.3. The smallest absolute Gasteiger partial charge is 0.162 e.